The lowest BCUT2D eigenvalue weighted by molar-refractivity contribution is -0.141. The van der Waals surface area contributed by atoms with Gasteiger partial charge in [0, 0.05) is 49.1 Å². The average Bonchev–Trinajstić information content (AvgIpc) is 3.34. The highest BCUT2D eigenvalue weighted by molar-refractivity contribution is 5.81. The van der Waals surface area contributed by atoms with E-state index in [1.807, 2.05) is 39.7 Å². The number of fused-ring (bicyclic) bond motifs is 1. The number of amides is 1. The first-order valence-electron chi connectivity index (χ1n) is 15.9. The Balaban J connectivity index is 0.00000259. The van der Waals surface area contributed by atoms with Gasteiger partial charge in [-0.3, -0.25) is 9.79 Å². The van der Waals surface area contributed by atoms with Crippen molar-refractivity contribution in [3.8, 4) is 5.75 Å². The van der Waals surface area contributed by atoms with Crippen LogP contribution in [-0.2, 0) is 15.0 Å². The van der Waals surface area contributed by atoms with Crippen LogP contribution in [0.4, 0.5) is 0 Å². The predicted octanol–water partition coefficient (Wildman–Crippen LogP) is 7.91. The van der Waals surface area contributed by atoms with E-state index < -0.39 is 0 Å². The number of rotatable bonds is 11. The highest BCUT2D eigenvalue weighted by atomic mass is 16.5. The van der Waals surface area contributed by atoms with Gasteiger partial charge in [-0.15, -0.1) is 0 Å². The number of likely N-dealkylation sites (tertiary alicyclic amines) is 1. The Morgan fingerprint density at radius 2 is 1.80 bits per heavy atom. The maximum Gasteiger partial charge on any atom is 0.227 e. The Morgan fingerprint density at radius 1 is 1.09 bits per heavy atom. The number of carbonyl (C=O) groups is 2. The van der Waals surface area contributed by atoms with Crippen molar-refractivity contribution in [2.75, 3.05) is 19.6 Å². The highest BCUT2D eigenvalue weighted by Gasteiger charge is 2.39. The molecule has 1 fully saturated rings. The van der Waals surface area contributed by atoms with E-state index >= 15 is 0 Å². The van der Waals surface area contributed by atoms with Crippen LogP contribution in [0.15, 0.2) is 65.7 Å². The average molecular weight is 601 g/mol. The summed E-state index contributed by atoms with van der Waals surface area (Å²) in [5.74, 6) is 2.19. The van der Waals surface area contributed by atoms with Gasteiger partial charge in [0.25, 0.3) is 0 Å². The van der Waals surface area contributed by atoms with Crippen LogP contribution in [0.5, 0.6) is 5.75 Å². The number of hydrogen-bond donors (Lipinski definition) is 0. The number of carbonyl (C=O) groups excluding carboxylic acids is 2. The molecule has 1 aliphatic rings. The van der Waals surface area contributed by atoms with Crippen molar-refractivity contribution in [1.29, 1.82) is 0 Å². The topological polar surface area (TPSA) is 76.8 Å². The van der Waals surface area contributed by atoms with Crippen LogP contribution < -0.4 is 4.74 Å². The van der Waals surface area contributed by atoms with Gasteiger partial charge in [0.2, 0.25) is 5.91 Å². The van der Waals surface area contributed by atoms with Gasteiger partial charge in [-0.05, 0) is 83.2 Å². The number of aryl methyl sites for hydroxylation is 1. The summed E-state index contributed by atoms with van der Waals surface area (Å²) < 4.78 is 8.43. The van der Waals surface area contributed by atoms with Crippen molar-refractivity contribution in [2.24, 2.45) is 10.4 Å². The maximum absolute atomic E-state index is 13.1. The molecule has 4 rings (SSSR count). The SMILES string of the molecule is C/C=C\C[C@H](CC=NCCC1(c2cccc(OC(C)C)c2)CCN(C(=O)C(C)(C)C)CC1)n1c(C)nc2ccccc21.C=O. The first-order valence-corrected chi connectivity index (χ1v) is 15.9. The van der Waals surface area contributed by atoms with Gasteiger partial charge in [0.05, 0.1) is 17.1 Å². The fraction of sp³-hybridized carbons (Fsp3) is 0.514. The number of benzene rings is 2. The molecular formula is C37H52N4O3. The molecule has 7 heteroatoms. The van der Waals surface area contributed by atoms with Gasteiger partial charge in [-0.25, -0.2) is 4.98 Å². The summed E-state index contributed by atoms with van der Waals surface area (Å²) in [6.45, 7) is 18.6. The van der Waals surface area contributed by atoms with E-state index in [4.69, 9.17) is 19.5 Å². The van der Waals surface area contributed by atoms with Crippen molar-refractivity contribution >= 4 is 29.9 Å². The second-order valence-corrected chi connectivity index (χ2v) is 13.1. The number of allylic oxidation sites excluding steroid dienone is 2. The summed E-state index contributed by atoms with van der Waals surface area (Å²) in [5.41, 5.74) is 3.11. The van der Waals surface area contributed by atoms with E-state index in [9.17, 15) is 4.79 Å². The van der Waals surface area contributed by atoms with Crippen molar-refractivity contribution in [3.05, 3.63) is 72.1 Å². The fourth-order valence-electron chi connectivity index (χ4n) is 6.26. The molecule has 0 radical (unpaired) electrons. The second kappa shape index (κ2) is 15.8. The Hall–Kier alpha value is -3.74. The maximum atomic E-state index is 13.1. The molecule has 1 atom stereocenters. The highest BCUT2D eigenvalue weighted by Crippen LogP contribution is 2.41. The number of nitrogens with zero attached hydrogens (tertiary/aromatic N) is 4. The summed E-state index contributed by atoms with van der Waals surface area (Å²) in [6.07, 6.45) is 11.2. The summed E-state index contributed by atoms with van der Waals surface area (Å²) >= 11 is 0. The molecule has 7 nitrogen and oxygen atoms in total. The van der Waals surface area contributed by atoms with Crippen molar-refractivity contribution < 1.29 is 14.3 Å². The van der Waals surface area contributed by atoms with E-state index in [1.165, 1.54) is 11.1 Å². The summed E-state index contributed by atoms with van der Waals surface area (Å²) in [7, 11) is 0. The van der Waals surface area contributed by atoms with E-state index in [-0.39, 0.29) is 28.9 Å². The molecule has 1 amide bonds. The molecule has 238 valence electrons. The molecule has 0 saturated carbocycles. The fourth-order valence-corrected chi connectivity index (χ4v) is 6.26. The zero-order chi connectivity index (χ0) is 32.3. The van der Waals surface area contributed by atoms with Crippen LogP contribution in [0.2, 0.25) is 0 Å². The van der Waals surface area contributed by atoms with Crippen LogP contribution in [0.25, 0.3) is 11.0 Å². The minimum absolute atomic E-state index is 0.0379. The lowest BCUT2D eigenvalue weighted by Gasteiger charge is -2.44. The number of para-hydroxylation sites is 2. The molecule has 0 bridgehead atoms. The van der Waals surface area contributed by atoms with Gasteiger partial charge in [0.15, 0.2) is 0 Å². The Bertz CT molecular complexity index is 1410. The second-order valence-electron chi connectivity index (χ2n) is 13.1. The zero-order valence-electron chi connectivity index (χ0n) is 27.9. The molecular weight excluding hydrogens is 548 g/mol. The molecule has 0 aliphatic carbocycles. The Morgan fingerprint density at radius 3 is 2.45 bits per heavy atom. The van der Waals surface area contributed by atoms with Gasteiger partial charge in [-0.2, -0.15) is 0 Å². The van der Waals surface area contributed by atoms with E-state index in [0.717, 1.165) is 68.8 Å². The largest absolute Gasteiger partial charge is 0.491 e. The first kappa shape index (κ1) is 34.7. The molecule has 0 unspecified atom stereocenters. The first-order chi connectivity index (χ1) is 21.0. The standard InChI is InChI=1S/C36H50N4O2.CH2O/c1-8-9-14-30(40-28(4)38-32-16-10-11-17-33(32)40)18-22-37-23-19-36(29-13-12-15-31(26-29)42-27(2)3)20-24-39(25-21-36)34(41)35(5,6)7;1-2/h8-13,15-17,22,26-27,30H,14,18-21,23-25H2,1-7H3;1H2/b9-8-,37-22?;/t30-;/m1./s1. The minimum Gasteiger partial charge on any atom is -0.491 e. The van der Waals surface area contributed by atoms with Crippen LogP contribution in [-0.4, -0.2) is 59.1 Å². The molecule has 44 heavy (non-hydrogen) atoms. The molecule has 1 saturated heterocycles. The lowest BCUT2D eigenvalue weighted by atomic mass is 9.70. The summed E-state index contributed by atoms with van der Waals surface area (Å²) in [6, 6.07) is 17.2. The van der Waals surface area contributed by atoms with Gasteiger partial charge >= 0.3 is 0 Å². The normalized spacial score (nSPS) is 16.0. The molecule has 1 aromatic heterocycles. The van der Waals surface area contributed by atoms with Crippen molar-refractivity contribution in [2.45, 2.75) is 98.1 Å². The Kier molecular flexibility index (Phi) is 12.5. The molecule has 2 heterocycles. The predicted molar refractivity (Wildman–Crippen MR) is 182 cm³/mol. The third-order valence-corrected chi connectivity index (χ3v) is 8.47. The van der Waals surface area contributed by atoms with E-state index in [2.05, 4.69) is 91.9 Å². The monoisotopic (exact) mass is 600 g/mol. The van der Waals surface area contributed by atoms with Crippen molar-refractivity contribution in [3.63, 3.8) is 0 Å². The van der Waals surface area contributed by atoms with Gasteiger partial charge < -0.3 is 19.0 Å². The number of ether oxygens (including phenoxy) is 1. The number of hydrogen-bond acceptors (Lipinski definition) is 5. The van der Waals surface area contributed by atoms with Gasteiger partial charge in [-0.1, -0.05) is 57.2 Å². The third-order valence-electron chi connectivity index (χ3n) is 8.47. The zero-order valence-corrected chi connectivity index (χ0v) is 27.9. The molecule has 1 aliphatic heterocycles. The van der Waals surface area contributed by atoms with E-state index in [1.54, 1.807) is 0 Å². The smallest absolute Gasteiger partial charge is 0.227 e. The third kappa shape index (κ3) is 8.67. The van der Waals surface area contributed by atoms with Gasteiger partial charge in [0.1, 0.15) is 18.4 Å². The number of imidazole rings is 1. The quantitative estimate of drug-likeness (QED) is 0.166. The minimum atomic E-state index is -0.363. The molecule has 0 spiro atoms. The molecule has 3 aromatic rings. The van der Waals surface area contributed by atoms with Crippen LogP contribution in [0, 0.1) is 12.3 Å². The van der Waals surface area contributed by atoms with Crippen LogP contribution in [0.3, 0.4) is 0 Å². The summed E-state index contributed by atoms with van der Waals surface area (Å²) in [4.78, 5) is 32.9. The van der Waals surface area contributed by atoms with Crippen molar-refractivity contribution in [1.82, 2.24) is 14.5 Å². The molecule has 0 N–H and O–H groups in total. The Labute approximate surface area is 264 Å². The van der Waals surface area contributed by atoms with Crippen LogP contribution >= 0.6 is 0 Å². The van der Waals surface area contributed by atoms with E-state index in [0.29, 0.717) is 0 Å². The van der Waals surface area contributed by atoms with Crippen LogP contribution in [0.1, 0.15) is 91.1 Å². The summed E-state index contributed by atoms with van der Waals surface area (Å²) in [5, 5.41) is 0. The number of piperidine rings is 1. The lowest BCUT2D eigenvalue weighted by Crippen LogP contribution is -2.48. The number of aliphatic imine (C=N–C) groups is 1. The number of aromatic nitrogens is 2. The molecule has 2 aromatic carbocycles.